The van der Waals surface area contributed by atoms with Gasteiger partial charge in [0.25, 0.3) is 0 Å². The molecule has 2 fully saturated rings. The third kappa shape index (κ3) is 5.11. The SMILES string of the molecule is COc1ccc(F)cc1-c1ccc(CN2CCC(NC(=O)NC3CCCC3)C2)cc1. The maximum atomic E-state index is 13.7. The third-order valence-electron chi connectivity index (χ3n) is 6.13. The van der Waals surface area contributed by atoms with Gasteiger partial charge in [-0.1, -0.05) is 37.1 Å². The molecule has 0 aromatic heterocycles. The number of amides is 2. The number of methoxy groups -OCH3 is 1. The van der Waals surface area contributed by atoms with Crippen LogP contribution < -0.4 is 15.4 Å². The molecule has 1 saturated carbocycles. The Morgan fingerprint density at radius 1 is 1.07 bits per heavy atom. The first-order valence-corrected chi connectivity index (χ1v) is 10.8. The molecule has 2 amide bonds. The molecule has 0 radical (unpaired) electrons. The van der Waals surface area contributed by atoms with Crippen molar-refractivity contribution in [1.29, 1.82) is 0 Å². The normalized spacial score (nSPS) is 19.7. The standard InChI is InChI=1S/C24H30FN3O2/c1-30-23-11-10-19(25)14-22(23)18-8-6-17(7-9-18)15-28-13-12-21(16-28)27-24(29)26-20-4-2-3-5-20/h6-11,14,20-21H,2-5,12-13,15-16H2,1H3,(H2,26,27,29). The van der Waals surface area contributed by atoms with Gasteiger partial charge >= 0.3 is 6.03 Å². The average molecular weight is 412 g/mol. The molecular formula is C24H30FN3O2. The van der Waals surface area contributed by atoms with Gasteiger partial charge in [0.2, 0.25) is 0 Å². The molecule has 1 heterocycles. The van der Waals surface area contributed by atoms with Crippen LogP contribution in [-0.2, 0) is 6.54 Å². The number of likely N-dealkylation sites (tertiary alicyclic amines) is 1. The first kappa shape index (κ1) is 20.7. The number of hydrogen-bond acceptors (Lipinski definition) is 3. The minimum Gasteiger partial charge on any atom is -0.496 e. The van der Waals surface area contributed by atoms with Gasteiger partial charge in [0, 0.05) is 37.3 Å². The zero-order valence-electron chi connectivity index (χ0n) is 17.5. The number of ether oxygens (including phenoxy) is 1. The Balaban J connectivity index is 1.30. The summed E-state index contributed by atoms with van der Waals surface area (Å²) in [6, 6.07) is 13.2. The maximum Gasteiger partial charge on any atom is 0.315 e. The molecule has 0 bridgehead atoms. The second kappa shape index (κ2) is 9.47. The van der Waals surface area contributed by atoms with Crippen molar-refractivity contribution in [3.8, 4) is 16.9 Å². The zero-order valence-corrected chi connectivity index (χ0v) is 17.5. The number of urea groups is 1. The van der Waals surface area contributed by atoms with E-state index in [0.29, 0.717) is 11.8 Å². The fourth-order valence-corrected chi connectivity index (χ4v) is 4.53. The monoisotopic (exact) mass is 411 g/mol. The summed E-state index contributed by atoms with van der Waals surface area (Å²) in [5, 5.41) is 6.23. The van der Waals surface area contributed by atoms with Crippen LogP contribution in [0.25, 0.3) is 11.1 Å². The maximum absolute atomic E-state index is 13.7. The molecule has 1 atom stereocenters. The van der Waals surface area contributed by atoms with Gasteiger partial charge < -0.3 is 15.4 Å². The summed E-state index contributed by atoms with van der Waals surface area (Å²) in [6.45, 7) is 2.66. The lowest BCUT2D eigenvalue weighted by atomic mass is 10.0. The Kier molecular flexibility index (Phi) is 6.53. The Morgan fingerprint density at radius 3 is 2.53 bits per heavy atom. The van der Waals surface area contributed by atoms with Crippen molar-refractivity contribution in [1.82, 2.24) is 15.5 Å². The highest BCUT2D eigenvalue weighted by atomic mass is 19.1. The highest BCUT2D eigenvalue weighted by molar-refractivity contribution is 5.74. The second-order valence-corrected chi connectivity index (χ2v) is 8.36. The third-order valence-corrected chi connectivity index (χ3v) is 6.13. The van der Waals surface area contributed by atoms with Gasteiger partial charge in [-0.3, -0.25) is 4.90 Å². The topological polar surface area (TPSA) is 53.6 Å². The predicted molar refractivity (Wildman–Crippen MR) is 116 cm³/mol. The number of hydrogen-bond donors (Lipinski definition) is 2. The predicted octanol–water partition coefficient (Wildman–Crippen LogP) is 4.32. The molecule has 160 valence electrons. The van der Waals surface area contributed by atoms with Gasteiger partial charge in [0.1, 0.15) is 11.6 Å². The van der Waals surface area contributed by atoms with E-state index in [2.05, 4.69) is 27.7 Å². The van der Waals surface area contributed by atoms with Crippen LogP contribution in [0.15, 0.2) is 42.5 Å². The van der Waals surface area contributed by atoms with Crippen LogP contribution >= 0.6 is 0 Å². The molecule has 2 aliphatic rings. The van der Waals surface area contributed by atoms with E-state index in [1.165, 1.54) is 30.5 Å². The quantitative estimate of drug-likeness (QED) is 0.745. The van der Waals surface area contributed by atoms with E-state index < -0.39 is 0 Å². The summed E-state index contributed by atoms with van der Waals surface area (Å²) in [7, 11) is 1.59. The van der Waals surface area contributed by atoms with Gasteiger partial charge in [-0.05, 0) is 48.6 Å². The van der Waals surface area contributed by atoms with Crippen molar-refractivity contribution >= 4 is 6.03 Å². The summed E-state index contributed by atoms with van der Waals surface area (Å²) >= 11 is 0. The van der Waals surface area contributed by atoms with Gasteiger partial charge in [-0.25, -0.2) is 9.18 Å². The lowest BCUT2D eigenvalue weighted by Gasteiger charge is -2.19. The number of halogens is 1. The first-order chi connectivity index (χ1) is 14.6. The number of carbonyl (C=O) groups excluding carboxylic acids is 1. The minimum atomic E-state index is -0.276. The number of rotatable bonds is 6. The van der Waals surface area contributed by atoms with E-state index in [-0.39, 0.29) is 17.9 Å². The first-order valence-electron chi connectivity index (χ1n) is 10.8. The van der Waals surface area contributed by atoms with Crippen molar-refractivity contribution < 1.29 is 13.9 Å². The van der Waals surface area contributed by atoms with Crippen LogP contribution in [-0.4, -0.2) is 43.2 Å². The van der Waals surface area contributed by atoms with Gasteiger partial charge in [0.05, 0.1) is 7.11 Å². The van der Waals surface area contributed by atoms with Crippen LogP contribution in [0.4, 0.5) is 9.18 Å². The second-order valence-electron chi connectivity index (χ2n) is 8.36. The summed E-state index contributed by atoms with van der Waals surface area (Å²) < 4.78 is 19.0. The molecule has 1 aliphatic heterocycles. The molecule has 1 aliphatic carbocycles. The molecule has 2 N–H and O–H groups in total. The van der Waals surface area contributed by atoms with Crippen molar-refractivity contribution in [2.45, 2.75) is 50.7 Å². The Hall–Kier alpha value is -2.60. The van der Waals surface area contributed by atoms with E-state index in [9.17, 15) is 9.18 Å². The van der Waals surface area contributed by atoms with E-state index >= 15 is 0 Å². The largest absolute Gasteiger partial charge is 0.496 e. The summed E-state index contributed by atoms with van der Waals surface area (Å²) in [6.07, 6.45) is 5.60. The Bertz CT molecular complexity index is 865. The zero-order chi connectivity index (χ0) is 20.9. The van der Waals surface area contributed by atoms with Crippen molar-refractivity contribution in [2.24, 2.45) is 0 Å². The molecule has 2 aromatic rings. The van der Waals surface area contributed by atoms with Crippen molar-refractivity contribution in [2.75, 3.05) is 20.2 Å². The lowest BCUT2D eigenvalue weighted by molar-refractivity contribution is 0.232. The van der Waals surface area contributed by atoms with Crippen LogP contribution in [0, 0.1) is 5.82 Å². The van der Waals surface area contributed by atoms with E-state index in [1.807, 2.05) is 12.1 Å². The summed E-state index contributed by atoms with van der Waals surface area (Å²) in [4.78, 5) is 14.6. The summed E-state index contributed by atoms with van der Waals surface area (Å²) in [5.74, 6) is 0.385. The molecule has 0 spiro atoms. The lowest BCUT2D eigenvalue weighted by Crippen LogP contribution is -2.46. The minimum absolute atomic E-state index is 0.0258. The fraction of sp³-hybridized carbons (Fsp3) is 0.458. The van der Waals surface area contributed by atoms with Gasteiger partial charge in [-0.15, -0.1) is 0 Å². The Morgan fingerprint density at radius 2 is 1.80 bits per heavy atom. The highest BCUT2D eigenvalue weighted by Gasteiger charge is 2.25. The average Bonchev–Trinajstić information content (AvgIpc) is 3.40. The molecule has 2 aromatic carbocycles. The molecule has 4 rings (SSSR count). The van der Waals surface area contributed by atoms with E-state index in [4.69, 9.17) is 4.74 Å². The van der Waals surface area contributed by atoms with Crippen molar-refractivity contribution in [3.63, 3.8) is 0 Å². The molecule has 1 saturated heterocycles. The molecular weight excluding hydrogens is 381 g/mol. The van der Waals surface area contributed by atoms with Crippen molar-refractivity contribution in [3.05, 3.63) is 53.8 Å². The molecule has 1 unspecified atom stereocenters. The smallest absolute Gasteiger partial charge is 0.315 e. The number of carbonyl (C=O) groups is 1. The van der Waals surface area contributed by atoms with E-state index in [0.717, 1.165) is 50.0 Å². The molecule has 5 nitrogen and oxygen atoms in total. The van der Waals surface area contributed by atoms with Crippen LogP contribution in [0.3, 0.4) is 0 Å². The van der Waals surface area contributed by atoms with Gasteiger partial charge in [-0.2, -0.15) is 0 Å². The number of benzene rings is 2. The summed E-state index contributed by atoms with van der Waals surface area (Å²) in [5.41, 5.74) is 2.88. The van der Waals surface area contributed by atoms with Crippen LogP contribution in [0.2, 0.25) is 0 Å². The Labute approximate surface area is 177 Å². The van der Waals surface area contributed by atoms with E-state index in [1.54, 1.807) is 13.2 Å². The molecule has 6 heteroatoms. The van der Waals surface area contributed by atoms with Crippen LogP contribution in [0.1, 0.15) is 37.7 Å². The number of nitrogens with one attached hydrogen (secondary N) is 2. The number of nitrogens with zero attached hydrogens (tertiary/aromatic N) is 1. The van der Waals surface area contributed by atoms with Gasteiger partial charge in [0.15, 0.2) is 0 Å². The highest BCUT2D eigenvalue weighted by Crippen LogP contribution is 2.31. The molecule has 30 heavy (non-hydrogen) atoms. The fourth-order valence-electron chi connectivity index (χ4n) is 4.53. The van der Waals surface area contributed by atoms with Crippen LogP contribution in [0.5, 0.6) is 5.75 Å².